The van der Waals surface area contributed by atoms with Crippen LogP contribution in [0.15, 0.2) is 30.5 Å². The molecule has 106 valence electrons. The molecule has 1 heterocycles. The SMILES string of the molecule is O=C(O)[C@H](Cc1c[nH]c2ccccc12)NCC1CCC1. The van der Waals surface area contributed by atoms with Gasteiger partial charge in [0, 0.05) is 23.5 Å². The van der Waals surface area contributed by atoms with Gasteiger partial charge in [0.1, 0.15) is 6.04 Å². The van der Waals surface area contributed by atoms with Crippen LogP contribution < -0.4 is 5.32 Å². The van der Waals surface area contributed by atoms with E-state index < -0.39 is 12.0 Å². The molecular weight excluding hydrogens is 252 g/mol. The second kappa shape index (κ2) is 5.67. The summed E-state index contributed by atoms with van der Waals surface area (Å²) in [6.45, 7) is 0.819. The molecule has 3 rings (SSSR count). The van der Waals surface area contributed by atoms with Gasteiger partial charge in [0.05, 0.1) is 0 Å². The molecule has 4 heteroatoms. The number of rotatable bonds is 6. The first-order valence-corrected chi connectivity index (χ1v) is 7.25. The van der Waals surface area contributed by atoms with E-state index in [1.54, 1.807) is 0 Å². The predicted octanol–water partition coefficient (Wildman–Crippen LogP) is 2.55. The highest BCUT2D eigenvalue weighted by Crippen LogP contribution is 2.25. The number of hydrogen-bond donors (Lipinski definition) is 3. The summed E-state index contributed by atoms with van der Waals surface area (Å²) in [5, 5.41) is 13.7. The van der Waals surface area contributed by atoms with Crippen LogP contribution in [0, 0.1) is 5.92 Å². The number of nitrogens with one attached hydrogen (secondary N) is 2. The van der Waals surface area contributed by atoms with Gasteiger partial charge < -0.3 is 15.4 Å². The Balaban J connectivity index is 1.70. The van der Waals surface area contributed by atoms with Gasteiger partial charge >= 0.3 is 5.97 Å². The number of aromatic nitrogens is 1. The highest BCUT2D eigenvalue weighted by atomic mass is 16.4. The van der Waals surface area contributed by atoms with Crippen LogP contribution in [0.2, 0.25) is 0 Å². The number of benzene rings is 1. The van der Waals surface area contributed by atoms with Crippen LogP contribution in [-0.2, 0) is 11.2 Å². The average molecular weight is 272 g/mol. The van der Waals surface area contributed by atoms with E-state index in [0.717, 1.165) is 23.0 Å². The fourth-order valence-corrected chi connectivity index (χ4v) is 2.77. The summed E-state index contributed by atoms with van der Waals surface area (Å²) in [7, 11) is 0. The van der Waals surface area contributed by atoms with Crippen LogP contribution >= 0.6 is 0 Å². The number of para-hydroxylation sites is 1. The van der Waals surface area contributed by atoms with Crippen molar-refractivity contribution in [1.82, 2.24) is 10.3 Å². The highest BCUT2D eigenvalue weighted by Gasteiger charge is 2.23. The maximum atomic E-state index is 11.4. The van der Waals surface area contributed by atoms with Crippen LogP contribution in [0.1, 0.15) is 24.8 Å². The molecule has 1 aromatic heterocycles. The molecule has 1 saturated carbocycles. The first kappa shape index (κ1) is 13.2. The molecule has 2 aromatic rings. The molecule has 1 aromatic carbocycles. The van der Waals surface area contributed by atoms with E-state index in [4.69, 9.17) is 0 Å². The summed E-state index contributed by atoms with van der Waals surface area (Å²) in [6, 6.07) is 7.50. The largest absolute Gasteiger partial charge is 0.480 e. The van der Waals surface area contributed by atoms with Gasteiger partial charge in [-0.2, -0.15) is 0 Å². The first-order valence-electron chi connectivity index (χ1n) is 7.25. The van der Waals surface area contributed by atoms with Crippen LogP contribution in [0.4, 0.5) is 0 Å². The third-order valence-corrected chi connectivity index (χ3v) is 4.27. The smallest absolute Gasteiger partial charge is 0.321 e. The van der Waals surface area contributed by atoms with Crippen LogP contribution in [0.25, 0.3) is 10.9 Å². The van der Waals surface area contributed by atoms with E-state index in [0.29, 0.717) is 12.3 Å². The number of H-pyrrole nitrogens is 1. The Kier molecular flexibility index (Phi) is 3.74. The van der Waals surface area contributed by atoms with Crippen molar-refractivity contribution in [2.45, 2.75) is 31.7 Å². The lowest BCUT2D eigenvalue weighted by atomic mass is 9.85. The standard InChI is InChI=1S/C16H20N2O2/c19-16(20)15(17-9-11-4-3-5-11)8-12-10-18-14-7-2-1-6-13(12)14/h1-2,6-7,10-11,15,17-18H,3-5,8-9H2,(H,19,20)/t15-/m0/s1. The minimum absolute atomic E-state index is 0.505. The number of aromatic amines is 1. The van der Waals surface area contributed by atoms with E-state index in [2.05, 4.69) is 10.3 Å². The number of carboxylic acids is 1. The van der Waals surface area contributed by atoms with E-state index in [1.807, 2.05) is 30.5 Å². The minimum Gasteiger partial charge on any atom is -0.480 e. The zero-order valence-electron chi connectivity index (χ0n) is 11.4. The van der Waals surface area contributed by atoms with Gasteiger partial charge in [-0.05, 0) is 36.9 Å². The van der Waals surface area contributed by atoms with Crippen molar-refractivity contribution in [3.63, 3.8) is 0 Å². The van der Waals surface area contributed by atoms with Crippen molar-refractivity contribution in [1.29, 1.82) is 0 Å². The van der Waals surface area contributed by atoms with Crippen molar-refractivity contribution in [3.05, 3.63) is 36.0 Å². The molecule has 4 nitrogen and oxygen atoms in total. The molecule has 1 aliphatic carbocycles. The molecule has 0 radical (unpaired) electrons. The van der Waals surface area contributed by atoms with E-state index in [1.165, 1.54) is 19.3 Å². The van der Waals surface area contributed by atoms with Crippen LogP contribution in [0.5, 0.6) is 0 Å². The van der Waals surface area contributed by atoms with Crippen molar-refractivity contribution in [3.8, 4) is 0 Å². The monoisotopic (exact) mass is 272 g/mol. The maximum Gasteiger partial charge on any atom is 0.321 e. The van der Waals surface area contributed by atoms with Gasteiger partial charge in [0.25, 0.3) is 0 Å². The van der Waals surface area contributed by atoms with Gasteiger partial charge in [-0.15, -0.1) is 0 Å². The Morgan fingerprint density at radius 1 is 1.40 bits per heavy atom. The summed E-state index contributed by atoms with van der Waals surface area (Å²) in [5.41, 5.74) is 2.12. The summed E-state index contributed by atoms with van der Waals surface area (Å²) in [6.07, 6.45) is 6.18. The third-order valence-electron chi connectivity index (χ3n) is 4.27. The highest BCUT2D eigenvalue weighted by molar-refractivity contribution is 5.84. The summed E-state index contributed by atoms with van der Waals surface area (Å²) >= 11 is 0. The fourth-order valence-electron chi connectivity index (χ4n) is 2.77. The number of carboxylic acid groups (broad SMARTS) is 1. The Labute approximate surface area is 118 Å². The lowest BCUT2D eigenvalue weighted by molar-refractivity contribution is -0.139. The van der Waals surface area contributed by atoms with E-state index >= 15 is 0 Å². The molecule has 0 bridgehead atoms. The molecule has 1 aliphatic rings. The molecule has 3 N–H and O–H groups in total. The Morgan fingerprint density at radius 3 is 2.90 bits per heavy atom. The molecule has 1 atom stereocenters. The van der Waals surface area contributed by atoms with Gasteiger partial charge in [-0.1, -0.05) is 24.6 Å². The van der Waals surface area contributed by atoms with Gasteiger partial charge in [0.2, 0.25) is 0 Å². The zero-order chi connectivity index (χ0) is 13.9. The van der Waals surface area contributed by atoms with Crippen molar-refractivity contribution in [2.24, 2.45) is 5.92 Å². The molecule has 0 aliphatic heterocycles. The van der Waals surface area contributed by atoms with Crippen LogP contribution in [0.3, 0.4) is 0 Å². The first-order chi connectivity index (χ1) is 9.74. The zero-order valence-corrected chi connectivity index (χ0v) is 11.4. The van der Waals surface area contributed by atoms with Gasteiger partial charge in [-0.3, -0.25) is 4.79 Å². The predicted molar refractivity (Wildman–Crippen MR) is 78.8 cm³/mol. The second-order valence-corrected chi connectivity index (χ2v) is 5.66. The molecule has 0 spiro atoms. The quantitative estimate of drug-likeness (QED) is 0.757. The Hall–Kier alpha value is -1.81. The maximum absolute atomic E-state index is 11.4. The van der Waals surface area contributed by atoms with Crippen molar-refractivity contribution in [2.75, 3.05) is 6.54 Å². The van der Waals surface area contributed by atoms with Gasteiger partial charge in [-0.25, -0.2) is 0 Å². The summed E-state index contributed by atoms with van der Waals surface area (Å²) < 4.78 is 0. The number of carbonyl (C=O) groups is 1. The second-order valence-electron chi connectivity index (χ2n) is 5.66. The van der Waals surface area contributed by atoms with E-state index in [9.17, 15) is 9.90 Å². The minimum atomic E-state index is -0.769. The molecular formula is C16H20N2O2. The van der Waals surface area contributed by atoms with Crippen molar-refractivity contribution < 1.29 is 9.90 Å². The van der Waals surface area contributed by atoms with E-state index in [-0.39, 0.29) is 0 Å². The Bertz CT molecular complexity index is 601. The molecule has 1 fully saturated rings. The fraction of sp³-hybridized carbons (Fsp3) is 0.438. The normalized spacial score (nSPS) is 17.0. The molecule has 0 unspecified atom stereocenters. The van der Waals surface area contributed by atoms with Gasteiger partial charge in [0.15, 0.2) is 0 Å². The molecule has 0 amide bonds. The molecule has 20 heavy (non-hydrogen) atoms. The average Bonchev–Trinajstić information content (AvgIpc) is 2.79. The summed E-state index contributed by atoms with van der Waals surface area (Å²) in [5.74, 6) is -0.102. The topological polar surface area (TPSA) is 65.1 Å². The Morgan fingerprint density at radius 2 is 2.20 bits per heavy atom. The van der Waals surface area contributed by atoms with Crippen LogP contribution in [-0.4, -0.2) is 28.6 Å². The summed E-state index contributed by atoms with van der Waals surface area (Å²) in [4.78, 5) is 14.6. The number of hydrogen-bond acceptors (Lipinski definition) is 2. The molecule has 0 saturated heterocycles. The number of fused-ring (bicyclic) bond motifs is 1. The third kappa shape index (κ3) is 2.70. The van der Waals surface area contributed by atoms with Crippen molar-refractivity contribution >= 4 is 16.9 Å². The lowest BCUT2D eigenvalue weighted by Gasteiger charge is -2.27. The number of aliphatic carboxylic acids is 1. The lowest BCUT2D eigenvalue weighted by Crippen LogP contribution is -2.42.